The molecule has 0 aromatic heterocycles. The highest BCUT2D eigenvalue weighted by atomic mass is 16.6. The fraction of sp³-hybridized carbons (Fsp3) is 0.929. The number of amides is 1. The molecule has 5 heteroatoms. The molecule has 19 heavy (non-hydrogen) atoms. The normalized spacial score (nSPS) is 24.4. The summed E-state index contributed by atoms with van der Waals surface area (Å²) in [7, 11) is 0. The maximum absolute atomic E-state index is 11.7. The van der Waals surface area contributed by atoms with E-state index in [2.05, 4.69) is 5.32 Å². The van der Waals surface area contributed by atoms with E-state index < -0.39 is 5.60 Å². The fourth-order valence-electron chi connectivity index (χ4n) is 2.40. The Balaban J connectivity index is 1.54. The first-order chi connectivity index (χ1) is 8.94. The average molecular weight is 270 g/mol. The number of nitrogens with one attached hydrogen (secondary N) is 1. The molecule has 1 amide bonds. The van der Waals surface area contributed by atoms with Crippen molar-refractivity contribution in [3.63, 3.8) is 0 Å². The molecule has 0 aromatic carbocycles. The van der Waals surface area contributed by atoms with Crippen LogP contribution in [-0.4, -0.2) is 55.0 Å². The van der Waals surface area contributed by atoms with Crippen molar-refractivity contribution in [3.05, 3.63) is 0 Å². The molecule has 2 aliphatic heterocycles. The van der Waals surface area contributed by atoms with E-state index in [9.17, 15) is 4.79 Å². The number of carbonyl (C=O) groups excluding carboxylic acids is 1. The lowest BCUT2D eigenvalue weighted by Crippen LogP contribution is -2.60. The zero-order chi connectivity index (χ0) is 13.9. The average Bonchev–Trinajstić information content (AvgIpc) is 2.71. The minimum Gasteiger partial charge on any atom is -0.444 e. The fourth-order valence-corrected chi connectivity index (χ4v) is 2.40. The van der Waals surface area contributed by atoms with Gasteiger partial charge < -0.3 is 19.7 Å². The van der Waals surface area contributed by atoms with Gasteiger partial charge >= 0.3 is 6.09 Å². The van der Waals surface area contributed by atoms with Gasteiger partial charge in [-0.25, -0.2) is 4.79 Å². The van der Waals surface area contributed by atoms with E-state index in [4.69, 9.17) is 9.47 Å². The van der Waals surface area contributed by atoms with Gasteiger partial charge in [0.2, 0.25) is 0 Å². The van der Waals surface area contributed by atoms with Crippen LogP contribution >= 0.6 is 0 Å². The molecule has 1 unspecified atom stereocenters. The second kappa shape index (κ2) is 6.09. The summed E-state index contributed by atoms with van der Waals surface area (Å²) in [4.78, 5) is 13.5. The quantitative estimate of drug-likeness (QED) is 0.846. The Labute approximate surface area is 115 Å². The molecule has 2 aliphatic rings. The van der Waals surface area contributed by atoms with E-state index in [-0.39, 0.29) is 6.09 Å². The minimum atomic E-state index is -0.407. The molecule has 2 saturated heterocycles. The van der Waals surface area contributed by atoms with Crippen LogP contribution in [0.2, 0.25) is 0 Å². The second-order valence-electron chi connectivity index (χ2n) is 6.46. The molecular weight excluding hydrogens is 244 g/mol. The predicted molar refractivity (Wildman–Crippen MR) is 73.2 cm³/mol. The van der Waals surface area contributed by atoms with Gasteiger partial charge in [0.1, 0.15) is 5.60 Å². The van der Waals surface area contributed by atoms with Crippen molar-refractivity contribution in [1.82, 2.24) is 10.2 Å². The highest BCUT2D eigenvalue weighted by molar-refractivity contribution is 5.69. The number of hydrogen-bond donors (Lipinski definition) is 1. The van der Waals surface area contributed by atoms with E-state index in [1.165, 1.54) is 12.8 Å². The summed E-state index contributed by atoms with van der Waals surface area (Å²) >= 11 is 0. The van der Waals surface area contributed by atoms with Crippen molar-refractivity contribution >= 4 is 6.09 Å². The van der Waals surface area contributed by atoms with Crippen LogP contribution in [0.15, 0.2) is 0 Å². The smallest absolute Gasteiger partial charge is 0.410 e. The number of carbonyl (C=O) groups is 1. The van der Waals surface area contributed by atoms with Gasteiger partial charge in [0.05, 0.1) is 6.10 Å². The molecule has 110 valence electrons. The number of rotatable bonds is 4. The summed E-state index contributed by atoms with van der Waals surface area (Å²) in [5, 5.41) is 3.46. The topological polar surface area (TPSA) is 50.8 Å². The molecule has 0 spiro atoms. The molecular formula is C14H26N2O3. The van der Waals surface area contributed by atoms with Crippen molar-refractivity contribution < 1.29 is 14.3 Å². The van der Waals surface area contributed by atoms with Crippen molar-refractivity contribution in [1.29, 1.82) is 0 Å². The second-order valence-corrected chi connectivity index (χ2v) is 6.46. The maximum Gasteiger partial charge on any atom is 0.410 e. The molecule has 0 saturated carbocycles. The molecule has 5 nitrogen and oxygen atoms in total. The van der Waals surface area contributed by atoms with Gasteiger partial charge in [-0.15, -0.1) is 0 Å². The summed E-state index contributed by atoms with van der Waals surface area (Å²) in [5.41, 5.74) is -0.407. The molecule has 2 fully saturated rings. The lowest BCUT2D eigenvalue weighted by molar-refractivity contribution is 0.00485. The zero-order valence-corrected chi connectivity index (χ0v) is 12.3. The Morgan fingerprint density at radius 2 is 2.16 bits per heavy atom. The zero-order valence-electron chi connectivity index (χ0n) is 12.3. The molecule has 0 bridgehead atoms. The molecule has 1 N–H and O–H groups in total. The Hall–Kier alpha value is -0.810. The summed E-state index contributed by atoms with van der Waals surface area (Å²) < 4.78 is 10.9. The maximum atomic E-state index is 11.7. The first-order valence-corrected chi connectivity index (χ1v) is 7.27. The van der Waals surface area contributed by atoms with Crippen LogP contribution in [0, 0.1) is 0 Å². The van der Waals surface area contributed by atoms with Gasteiger partial charge in [-0.05, 0) is 46.6 Å². The number of likely N-dealkylation sites (tertiary alicyclic amines) is 1. The highest BCUT2D eigenvalue weighted by Crippen LogP contribution is 2.17. The van der Waals surface area contributed by atoms with Gasteiger partial charge in [0.15, 0.2) is 0 Å². The van der Waals surface area contributed by atoms with Crippen molar-refractivity contribution in [3.8, 4) is 0 Å². The minimum absolute atomic E-state index is 0.204. The van der Waals surface area contributed by atoms with Crippen LogP contribution in [0.4, 0.5) is 4.79 Å². The van der Waals surface area contributed by atoms with E-state index in [0.29, 0.717) is 12.1 Å². The van der Waals surface area contributed by atoms with Crippen molar-refractivity contribution in [2.45, 2.75) is 57.8 Å². The van der Waals surface area contributed by atoms with Crippen LogP contribution in [0.3, 0.4) is 0 Å². The number of ether oxygens (including phenoxy) is 2. The molecule has 0 radical (unpaired) electrons. The SMILES string of the molecule is CC(C)(C)OC(=O)N1CC(NCCC2CCCO2)C1. The highest BCUT2D eigenvalue weighted by Gasteiger charge is 2.33. The van der Waals surface area contributed by atoms with Gasteiger partial charge in [0, 0.05) is 25.7 Å². The number of nitrogens with zero attached hydrogens (tertiary/aromatic N) is 1. The Bertz CT molecular complexity index is 302. The van der Waals surface area contributed by atoms with Crippen LogP contribution in [-0.2, 0) is 9.47 Å². The third-order valence-corrected chi connectivity index (χ3v) is 3.46. The van der Waals surface area contributed by atoms with Crippen LogP contribution in [0.5, 0.6) is 0 Å². The first-order valence-electron chi connectivity index (χ1n) is 7.27. The van der Waals surface area contributed by atoms with Gasteiger partial charge in [0.25, 0.3) is 0 Å². The van der Waals surface area contributed by atoms with E-state index in [0.717, 1.165) is 32.7 Å². The molecule has 1 atom stereocenters. The Morgan fingerprint density at radius 1 is 1.42 bits per heavy atom. The van der Waals surface area contributed by atoms with Crippen LogP contribution in [0.1, 0.15) is 40.0 Å². The summed E-state index contributed by atoms with van der Waals surface area (Å²) in [6.07, 6.45) is 3.69. The van der Waals surface area contributed by atoms with E-state index in [1.807, 2.05) is 20.8 Å². The standard InChI is InChI=1S/C14H26N2O3/c1-14(2,3)19-13(17)16-9-11(10-16)15-7-6-12-5-4-8-18-12/h11-12,15H,4-10H2,1-3H3. The van der Waals surface area contributed by atoms with E-state index in [1.54, 1.807) is 4.90 Å². The Morgan fingerprint density at radius 3 is 2.74 bits per heavy atom. The lowest BCUT2D eigenvalue weighted by atomic mass is 10.1. The molecule has 2 heterocycles. The monoisotopic (exact) mass is 270 g/mol. The third-order valence-electron chi connectivity index (χ3n) is 3.46. The number of hydrogen-bond acceptors (Lipinski definition) is 4. The van der Waals surface area contributed by atoms with E-state index >= 15 is 0 Å². The van der Waals surface area contributed by atoms with Crippen molar-refractivity contribution in [2.24, 2.45) is 0 Å². The van der Waals surface area contributed by atoms with Gasteiger partial charge in [-0.3, -0.25) is 0 Å². The molecule has 2 rings (SSSR count). The molecule has 0 aliphatic carbocycles. The summed E-state index contributed by atoms with van der Waals surface area (Å²) in [5.74, 6) is 0. The van der Waals surface area contributed by atoms with Gasteiger partial charge in [-0.2, -0.15) is 0 Å². The lowest BCUT2D eigenvalue weighted by Gasteiger charge is -2.40. The van der Waals surface area contributed by atoms with Crippen LogP contribution < -0.4 is 5.32 Å². The predicted octanol–water partition coefficient (Wildman–Crippen LogP) is 1.76. The summed E-state index contributed by atoms with van der Waals surface area (Å²) in [6.45, 7) is 9.06. The first kappa shape index (κ1) is 14.6. The van der Waals surface area contributed by atoms with Gasteiger partial charge in [-0.1, -0.05) is 0 Å². The summed E-state index contributed by atoms with van der Waals surface area (Å²) in [6, 6.07) is 0.411. The molecule has 0 aromatic rings. The largest absolute Gasteiger partial charge is 0.444 e. The third kappa shape index (κ3) is 4.66. The van der Waals surface area contributed by atoms with Crippen LogP contribution in [0.25, 0.3) is 0 Å². The van der Waals surface area contributed by atoms with Crippen molar-refractivity contribution in [2.75, 3.05) is 26.2 Å². The Kier molecular flexibility index (Phi) is 4.68.